The molecule has 0 fully saturated rings. The van der Waals surface area contributed by atoms with Crippen molar-refractivity contribution >= 4 is 39.1 Å². The summed E-state index contributed by atoms with van der Waals surface area (Å²) in [5.74, 6) is 4.85. The van der Waals surface area contributed by atoms with E-state index in [1.807, 2.05) is 42.2 Å². The number of rotatable bonds is 6. The van der Waals surface area contributed by atoms with Crippen molar-refractivity contribution in [3.63, 3.8) is 0 Å². The summed E-state index contributed by atoms with van der Waals surface area (Å²) in [6.07, 6.45) is 5.37. The van der Waals surface area contributed by atoms with Gasteiger partial charge < -0.3 is 9.73 Å². The number of hydrogen-bond acceptors (Lipinski definition) is 6. The molecule has 4 nitrogen and oxygen atoms in total. The lowest BCUT2D eigenvalue weighted by Gasteiger charge is -2.08. The quantitative estimate of drug-likeness (QED) is 0.670. The molecule has 6 heteroatoms. The summed E-state index contributed by atoms with van der Waals surface area (Å²) in [5.41, 5.74) is 1.48. The maximum Gasteiger partial charge on any atom is 0.138 e. The Morgan fingerprint density at radius 2 is 2.30 bits per heavy atom. The van der Waals surface area contributed by atoms with Crippen LogP contribution in [0.25, 0.3) is 10.2 Å². The summed E-state index contributed by atoms with van der Waals surface area (Å²) in [5, 5.41) is 4.80. The van der Waals surface area contributed by atoms with Crippen LogP contribution in [0, 0.1) is 6.92 Å². The van der Waals surface area contributed by atoms with Crippen LogP contribution in [0.5, 0.6) is 0 Å². The zero-order valence-electron chi connectivity index (χ0n) is 13.1. The topological polar surface area (TPSA) is 51.0 Å². The molecule has 120 valence electrons. The first-order chi connectivity index (χ1) is 11.3. The monoisotopic (exact) mass is 345 g/mol. The normalized spacial score (nSPS) is 13.6. The molecule has 3 aromatic rings. The first-order valence-corrected chi connectivity index (χ1v) is 9.91. The van der Waals surface area contributed by atoms with Crippen molar-refractivity contribution in [2.45, 2.75) is 31.9 Å². The smallest absolute Gasteiger partial charge is 0.138 e. The molecule has 1 N–H and O–H groups in total. The third-order valence-corrected chi connectivity index (χ3v) is 6.21. The lowest BCUT2D eigenvalue weighted by atomic mass is 10.2. The summed E-state index contributed by atoms with van der Waals surface area (Å²) < 4.78 is 5.35. The number of aryl methyl sites for hydroxylation is 3. The van der Waals surface area contributed by atoms with Crippen molar-refractivity contribution in [1.82, 2.24) is 9.97 Å². The van der Waals surface area contributed by atoms with Gasteiger partial charge in [-0.05, 0) is 43.9 Å². The molecule has 1 aliphatic carbocycles. The molecule has 0 atom stereocenters. The van der Waals surface area contributed by atoms with E-state index in [1.165, 1.54) is 35.1 Å². The minimum absolute atomic E-state index is 0.850. The second-order valence-electron chi connectivity index (χ2n) is 5.72. The number of furan rings is 1. The molecule has 0 bridgehead atoms. The van der Waals surface area contributed by atoms with Gasteiger partial charge in [-0.2, -0.15) is 11.8 Å². The Bertz CT molecular complexity index is 811. The Balaban J connectivity index is 1.44. The predicted molar refractivity (Wildman–Crippen MR) is 97.5 cm³/mol. The Morgan fingerprint density at radius 3 is 3.17 bits per heavy atom. The van der Waals surface area contributed by atoms with E-state index in [2.05, 4.69) is 15.3 Å². The summed E-state index contributed by atoms with van der Waals surface area (Å²) in [7, 11) is 0. The first-order valence-electron chi connectivity index (χ1n) is 7.94. The number of thioether (sulfide) groups is 1. The third-order valence-electron chi connectivity index (χ3n) is 4.04. The van der Waals surface area contributed by atoms with Crippen molar-refractivity contribution < 1.29 is 4.42 Å². The van der Waals surface area contributed by atoms with Crippen LogP contribution >= 0.6 is 23.1 Å². The third kappa shape index (κ3) is 3.10. The minimum atomic E-state index is 0.850. The van der Waals surface area contributed by atoms with E-state index >= 15 is 0 Å². The van der Waals surface area contributed by atoms with Gasteiger partial charge in [0.2, 0.25) is 0 Å². The van der Waals surface area contributed by atoms with Gasteiger partial charge >= 0.3 is 0 Å². The van der Waals surface area contributed by atoms with Gasteiger partial charge in [0.15, 0.2) is 0 Å². The minimum Gasteiger partial charge on any atom is -0.468 e. The number of thiophene rings is 1. The highest BCUT2D eigenvalue weighted by Gasteiger charge is 2.21. The van der Waals surface area contributed by atoms with Crippen LogP contribution in [-0.2, 0) is 18.6 Å². The SMILES string of the molecule is Cc1nc(NCCSCc2ccco2)c2c3c(sc2n1)CCC3. The fourth-order valence-corrected chi connectivity index (χ4v) is 5.10. The van der Waals surface area contributed by atoms with E-state index in [0.29, 0.717) is 0 Å². The van der Waals surface area contributed by atoms with E-state index in [9.17, 15) is 0 Å². The Kier molecular flexibility index (Phi) is 4.27. The van der Waals surface area contributed by atoms with Gasteiger partial charge in [-0.25, -0.2) is 9.97 Å². The van der Waals surface area contributed by atoms with E-state index in [-0.39, 0.29) is 0 Å². The molecule has 23 heavy (non-hydrogen) atoms. The second kappa shape index (κ2) is 6.53. The van der Waals surface area contributed by atoms with Crippen molar-refractivity contribution in [3.05, 3.63) is 40.4 Å². The number of anilines is 1. The number of hydrogen-bond donors (Lipinski definition) is 1. The maximum absolute atomic E-state index is 5.35. The van der Waals surface area contributed by atoms with Crippen LogP contribution in [0.15, 0.2) is 22.8 Å². The lowest BCUT2D eigenvalue weighted by Crippen LogP contribution is -2.07. The zero-order chi connectivity index (χ0) is 15.6. The van der Waals surface area contributed by atoms with Crippen LogP contribution in [0.3, 0.4) is 0 Å². The Hall–Kier alpha value is -1.53. The summed E-state index contributed by atoms with van der Waals surface area (Å²) >= 11 is 3.72. The van der Waals surface area contributed by atoms with Gasteiger partial charge in [0.1, 0.15) is 22.2 Å². The number of aromatic nitrogens is 2. The highest BCUT2D eigenvalue weighted by Crippen LogP contribution is 2.39. The van der Waals surface area contributed by atoms with Crippen molar-refractivity contribution in [3.8, 4) is 0 Å². The van der Waals surface area contributed by atoms with E-state index in [1.54, 1.807) is 6.26 Å². The molecule has 0 spiro atoms. The Morgan fingerprint density at radius 1 is 1.35 bits per heavy atom. The molecule has 0 radical (unpaired) electrons. The van der Waals surface area contributed by atoms with Gasteiger partial charge in [0.25, 0.3) is 0 Å². The molecular formula is C17H19N3OS2. The molecule has 4 rings (SSSR count). The summed E-state index contributed by atoms with van der Waals surface area (Å²) in [6, 6.07) is 3.96. The highest BCUT2D eigenvalue weighted by atomic mass is 32.2. The Labute approximate surface area is 143 Å². The van der Waals surface area contributed by atoms with Crippen LogP contribution in [0.4, 0.5) is 5.82 Å². The van der Waals surface area contributed by atoms with Gasteiger partial charge in [-0.15, -0.1) is 11.3 Å². The molecule has 0 saturated heterocycles. The molecule has 1 aliphatic rings. The van der Waals surface area contributed by atoms with Gasteiger partial charge in [0, 0.05) is 17.2 Å². The fourth-order valence-electron chi connectivity index (χ4n) is 3.04. The molecule has 0 aliphatic heterocycles. The van der Waals surface area contributed by atoms with Crippen molar-refractivity contribution in [1.29, 1.82) is 0 Å². The summed E-state index contributed by atoms with van der Waals surface area (Å²) in [4.78, 5) is 11.9. The van der Waals surface area contributed by atoms with Crippen LogP contribution in [-0.4, -0.2) is 22.3 Å². The first kappa shape index (κ1) is 15.0. The molecule has 3 aromatic heterocycles. The number of fused-ring (bicyclic) bond motifs is 3. The van der Waals surface area contributed by atoms with E-state index in [4.69, 9.17) is 4.42 Å². The maximum atomic E-state index is 5.35. The molecule has 0 aromatic carbocycles. The van der Waals surface area contributed by atoms with E-state index in [0.717, 1.165) is 40.3 Å². The van der Waals surface area contributed by atoms with E-state index < -0.39 is 0 Å². The highest BCUT2D eigenvalue weighted by molar-refractivity contribution is 7.98. The number of nitrogens with one attached hydrogen (secondary N) is 1. The zero-order valence-corrected chi connectivity index (χ0v) is 14.7. The lowest BCUT2D eigenvalue weighted by molar-refractivity contribution is 0.530. The molecule has 0 unspecified atom stereocenters. The standard InChI is InChI=1S/C17H19N3OS2/c1-11-19-16(18-7-9-22-10-12-4-3-8-21-12)15-13-5-2-6-14(13)23-17(15)20-11/h3-4,8H,2,5-7,9-10H2,1H3,(H,18,19,20). The van der Waals surface area contributed by atoms with Gasteiger partial charge in [0.05, 0.1) is 17.4 Å². The second-order valence-corrected chi connectivity index (χ2v) is 7.90. The number of nitrogens with zero attached hydrogens (tertiary/aromatic N) is 2. The van der Waals surface area contributed by atoms with Crippen LogP contribution < -0.4 is 5.32 Å². The van der Waals surface area contributed by atoms with Crippen LogP contribution in [0.1, 0.15) is 28.4 Å². The largest absolute Gasteiger partial charge is 0.468 e. The molecule has 3 heterocycles. The predicted octanol–water partition coefficient (Wildman–Crippen LogP) is 4.43. The van der Waals surface area contributed by atoms with Crippen molar-refractivity contribution in [2.24, 2.45) is 0 Å². The molecule has 0 saturated carbocycles. The summed E-state index contributed by atoms with van der Waals surface area (Å²) in [6.45, 7) is 2.88. The average molecular weight is 345 g/mol. The van der Waals surface area contributed by atoms with Crippen molar-refractivity contribution in [2.75, 3.05) is 17.6 Å². The fraction of sp³-hybridized carbons (Fsp3) is 0.412. The molecular weight excluding hydrogens is 326 g/mol. The van der Waals surface area contributed by atoms with Gasteiger partial charge in [-0.3, -0.25) is 0 Å². The van der Waals surface area contributed by atoms with Gasteiger partial charge in [-0.1, -0.05) is 0 Å². The van der Waals surface area contributed by atoms with Crippen LogP contribution in [0.2, 0.25) is 0 Å². The molecule has 0 amide bonds. The average Bonchev–Trinajstić information content (AvgIpc) is 3.22.